The van der Waals surface area contributed by atoms with Gasteiger partial charge in [-0.1, -0.05) is 51.1 Å². The number of fused-ring (bicyclic) bond motifs is 2. The highest BCUT2D eigenvalue weighted by atomic mass is 28.4. The minimum absolute atomic E-state index is 0.0814. The van der Waals surface area contributed by atoms with Crippen LogP contribution < -0.4 is 0 Å². The lowest BCUT2D eigenvalue weighted by molar-refractivity contribution is 0.0979. The van der Waals surface area contributed by atoms with Gasteiger partial charge in [-0.3, -0.25) is 9.59 Å². The van der Waals surface area contributed by atoms with Gasteiger partial charge in [0.1, 0.15) is 0 Å². The zero-order valence-electron chi connectivity index (χ0n) is 15.5. The molecule has 0 unspecified atom stereocenters. The van der Waals surface area contributed by atoms with E-state index in [1.54, 1.807) is 30.3 Å². The van der Waals surface area contributed by atoms with Crippen LogP contribution in [0.1, 0.15) is 58.2 Å². The van der Waals surface area contributed by atoms with E-state index in [9.17, 15) is 9.59 Å². The smallest absolute Gasteiger partial charge is 0.194 e. The molecule has 0 saturated carbocycles. The molecular formula is C21H24O3Si. The summed E-state index contributed by atoms with van der Waals surface area (Å²) in [6.45, 7) is 11.5. The standard InChI is InChI=1S/C21H24O3Si/c1-21(2,3)25(4,5)24-13-14-10-11-17-18(12-14)20(23)16-9-7-6-8-15(16)19(17)22/h6-12H,13H2,1-5H3. The Labute approximate surface area is 150 Å². The second kappa shape index (κ2) is 6.04. The highest BCUT2D eigenvalue weighted by Crippen LogP contribution is 2.37. The first-order valence-corrected chi connectivity index (χ1v) is 11.5. The van der Waals surface area contributed by atoms with Crippen molar-refractivity contribution in [1.29, 1.82) is 0 Å². The number of carbonyl (C=O) groups is 2. The molecule has 0 spiro atoms. The summed E-state index contributed by atoms with van der Waals surface area (Å²) in [6, 6.07) is 12.5. The summed E-state index contributed by atoms with van der Waals surface area (Å²) in [5, 5.41) is 0.131. The SMILES string of the molecule is CC(C)(C)[Si](C)(C)OCc1ccc2c(c1)C(=O)c1ccccc1C2=O. The molecule has 0 amide bonds. The maximum Gasteiger partial charge on any atom is 0.194 e. The van der Waals surface area contributed by atoms with Crippen molar-refractivity contribution in [2.75, 3.05) is 0 Å². The third-order valence-corrected chi connectivity index (χ3v) is 9.87. The number of rotatable bonds is 3. The second-order valence-corrected chi connectivity index (χ2v) is 12.9. The van der Waals surface area contributed by atoms with E-state index in [0.29, 0.717) is 28.9 Å². The van der Waals surface area contributed by atoms with Crippen LogP contribution in [0.15, 0.2) is 42.5 Å². The van der Waals surface area contributed by atoms with Crippen LogP contribution in [0, 0.1) is 0 Å². The third-order valence-electron chi connectivity index (χ3n) is 5.40. The van der Waals surface area contributed by atoms with Crippen molar-refractivity contribution in [1.82, 2.24) is 0 Å². The Morgan fingerprint density at radius 2 is 1.36 bits per heavy atom. The summed E-state index contributed by atoms with van der Waals surface area (Å²) in [4.78, 5) is 25.4. The fraction of sp³-hybridized carbons (Fsp3) is 0.333. The van der Waals surface area contributed by atoms with E-state index < -0.39 is 8.32 Å². The minimum atomic E-state index is -1.86. The molecule has 3 nitrogen and oxygen atoms in total. The average Bonchev–Trinajstić information content (AvgIpc) is 2.57. The van der Waals surface area contributed by atoms with Gasteiger partial charge in [0.2, 0.25) is 0 Å². The zero-order valence-corrected chi connectivity index (χ0v) is 16.5. The predicted molar refractivity (Wildman–Crippen MR) is 102 cm³/mol. The van der Waals surface area contributed by atoms with Gasteiger partial charge in [-0.15, -0.1) is 0 Å². The quantitative estimate of drug-likeness (QED) is 0.624. The minimum Gasteiger partial charge on any atom is -0.413 e. The van der Waals surface area contributed by atoms with E-state index in [2.05, 4.69) is 33.9 Å². The van der Waals surface area contributed by atoms with Gasteiger partial charge in [-0.25, -0.2) is 0 Å². The van der Waals surface area contributed by atoms with Gasteiger partial charge >= 0.3 is 0 Å². The van der Waals surface area contributed by atoms with Crippen molar-refractivity contribution in [2.24, 2.45) is 0 Å². The Morgan fingerprint density at radius 3 is 1.92 bits per heavy atom. The molecule has 1 aliphatic carbocycles. The van der Waals surface area contributed by atoms with Crippen LogP contribution in [-0.4, -0.2) is 19.9 Å². The number of hydrogen-bond acceptors (Lipinski definition) is 3. The molecule has 0 aromatic heterocycles. The molecule has 130 valence electrons. The molecule has 0 atom stereocenters. The molecule has 0 heterocycles. The summed E-state index contributed by atoms with van der Waals surface area (Å²) in [5.41, 5.74) is 2.89. The van der Waals surface area contributed by atoms with Crippen molar-refractivity contribution in [3.63, 3.8) is 0 Å². The number of ketones is 2. The number of hydrogen-bond donors (Lipinski definition) is 0. The van der Waals surface area contributed by atoms with Crippen molar-refractivity contribution in [3.05, 3.63) is 70.3 Å². The Bertz CT molecular complexity index is 860. The lowest BCUT2D eigenvalue weighted by atomic mass is 9.83. The van der Waals surface area contributed by atoms with Crippen LogP contribution >= 0.6 is 0 Å². The Morgan fingerprint density at radius 1 is 0.840 bits per heavy atom. The van der Waals surface area contributed by atoms with Gasteiger partial charge in [0.05, 0.1) is 6.61 Å². The maximum absolute atomic E-state index is 12.8. The maximum atomic E-state index is 12.8. The van der Waals surface area contributed by atoms with E-state index in [1.807, 2.05) is 12.1 Å². The number of benzene rings is 2. The third kappa shape index (κ3) is 3.12. The van der Waals surface area contributed by atoms with Crippen molar-refractivity contribution in [3.8, 4) is 0 Å². The van der Waals surface area contributed by atoms with E-state index >= 15 is 0 Å². The van der Waals surface area contributed by atoms with Crippen LogP contribution in [0.5, 0.6) is 0 Å². The molecule has 0 fully saturated rings. The highest BCUT2D eigenvalue weighted by molar-refractivity contribution is 6.74. The fourth-order valence-corrected chi connectivity index (χ4v) is 3.68. The average molecular weight is 353 g/mol. The molecule has 2 aromatic carbocycles. The Balaban J connectivity index is 1.91. The van der Waals surface area contributed by atoms with Gasteiger partial charge < -0.3 is 4.43 Å². The van der Waals surface area contributed by atoms with E-state index in [-0.39, 0.29) is 16.6 Å². The summed E-state index contributed by atoms with van der Waals surface area (Å²) in [6.07, 6.45) is 0. The first-order valence-electron chi connectivity index (χ1n) is 8.57. The highest BCUT2D eigenvalue weighted by Gasteiger charge is 2.37. The Kier molecular flexibility index (Phi) is 4.29. The summed E-state index contributed by atoms with van der Waals surface area (Å²) < 4.78 is 6.25. The van der Waals surface area contributed by atoms with E-state index in [0.717, 1.165) is 5.56 Å². The van der Waals surface area contributed by atoms with Crippen molar-refractivity contribution in [2.45, 2.75) is 45.5 Å². The molecule has 0 bridgehead atoms. The monoisotopic (exact) mass is 352 g/mol. The summed E-state index contributed by atoms with van der Waals surface area (Å²) >= 11 is 0. The van der Waals surface area contributed by atoms with Gasteiger partial charge in [0.25, 0.3) is 0 Å². The lowest BCUT2D eigenvalue weighted by Gasteiger charge is -2.36. The molecule has 0 aliphatic heterocycles. The molecule has 1 aliphatic rings. The number of carbonyl (C=O) groups excluding carboxylic acids is 2. The molecule has 3 rings (SSSR count). The van der Waals surface area contributed by atoms with E-state index in [1.165, 1.54) is 0 Å². The van der Waals surface area contributed by atoms with Crippen molar-refractivity contribution < 1.29 is 14.0 Å². The van der Waals surface area contributed by atoms with Crippen LogP contribution in [0.3, 0.4) is 0 Å². The summed E-state index contributed by atoms with van der Waals surface area (Å²) in [5.74, 6) is -0.165. The lowest BCUT2D eigenvalue weighted by Crippen LogP contribution is -2.40. The fourth-order valence-electron chi connectivity index (χ4n) is 2.72. The predicted octanol–water partition coefficient (Wildman–Crippen LogP) is 4.98. The van der Waals surface area contributed by atoms with Gasteiger partial charge in [0.15, 0.2) is 19.9 Å². The van der Waals surface area contributed by atoms with Gasteiger partial charge in [-0.05, 0) is 35.8 Å². The zero-order chi connectivity index (χ0) is 18.4. The van der Waals surface area contributed by atoms with Gasteiger partial charge in [0, 0.05) is 22.3 Å². The largest absolute Gasteiger partial charge is 0.413 e. The molecule has 0 N–H and O–H groups in total. The van der Waals surface area contributed by atoms with Gasteiger partial charge in [-0.2, -0.15) is 0 Å². The van der Waals surface area contributed by atoms with Crippen LogP contribution in [0.25, 0.3) is 0 Å². The normalized spacial score (nSPS) is 14.3. The molecule has 2 aromatic rings. The van der Waals surface area contributed by atoms with Crippen LogP contribution in [0.2, 0.25) is 18.1 Å². The van der Waals surface area contributed by atoms with Crippen LogP contribution in [-0.2, 0) is 11.0 Å². The molecule has 0 radical (unpaired) electrons. The first kappa shape index (κ1) is 17.8. The Hall–Kier alpha value is -2.04. The second-order valence-electron chi connectivity index (χ2n) is 8.13. The first-order chi connectivity index (χ1) is 11.6. The van der Waals surface area contributed by atoms with Crippen molar-refractivity contribution >= 4 is 19.9 Å². The molecule has 4 heteroatoms. The molecule has 0 saturated heterocycles. The molecule has 25 heavy (non-hydrogen) atoms. The topological polar surface area (TPSA) is 43.4 Å². The summed E-state index contributed by atoms with van der Waals surface area (Å²) in [7, 11) is -1.86. The van der Waals surface area contributed by atoms with Crippen LogP contribution in [0.4, 0.5) is 0 Å². The van der Waals surface area contributed by atoms with E-state index in [4.69, 9.17) is 4.43 Å². The molecular weight excluding hydrogens is 328 g/mol.